The number of rotatable bonds is 19. The zero-order valence-corrected chi connectivity index (χ0v) is 25.5. The first-order valence-electron chi connectivity index (χ1n) is 14.7. The third-order valence-electron chi connectivity index (χ3n) is 6.51. The molecule has 0 N–H and O–H groups in total. The molecule has 252 valence electrons. The van der Waals surface area contributed by atoms with Gasteiger partial charge in [0.05, 0.1) is 52.9 Å². The Labute approximate surface area is 273 Å². The molecule has 48 heavy (non-hydrogen) atoms. The summed E-state index contributed by atoms with van der Waals surface area (Å²) in [6.07, 6.45) is 2.10. The lowest BCUT2D eigenvalue weighted by molar-refractivity contribution is -0.394. The van der Waals surface area contributed by atoms with Crippen molar-refractivity contribution in [3.63, 3.8) is 0 Å². The first-order valence-corrected chi connectivity index (χ1v) is 14.7. The summed E-state index contributed by atoms with van der Waals surface area (Å²) in [6.45, 7) is 0.445. The fraction of sp³-hybridized carbons (Fsp3) is 0.303. The number of halogens is 2. The standard InChI is InChI=1S/C33H31F2N3O10/c34-33(35,48-30-14-12-29(13-15-30)45-18-6-3-17-36)26-10-7-24(8-11-26)9-16-31(39)46-19-4-1-2-5-20-47-32(40)25-21-27(37(41)42)23-28(22-25)38(43)44/h7-16,21-23H,1-6,18-20H2/b16-9+. The van der Waals surface area contributed by atoms with Crippen LogP contribution in [0.25, 0.3) is 6.08 Å². The van der Waals surface area contributed by atoms with E-state index in [0.29, 0.717) is 56.4 Å². The van der Waals surface area contributed by atoms with Crippen LogP contribution in [0, 0.1) is 31.6 Å². The van der Waals surface area contributed by atoms with Crippen LogP contribution >= 0.6 is 0 Å². The number of hydrogen-bond donors (Lipinski definition) is 0. The predicted molar refractivity (Wildman–Crippen MR) is 166 cm³/mol. The van der Waals surface area contributed by atoms with Gasteiger partial charge in [0.15, 0.2) is 0 Å². The van der Waals surface area contributed by atoms with Crippen molar-refractivity contribution in [3.8, 4) is 17.6 Å². The summed E-state index contributed by atoms with van der Waals surface area (Å²) in [5.74, 6) is -1.13. The third-order valence-corrected chi connectivity index (χ3v) is 6.51. The Balaban J connectivity index is 1.33. The van der Waals surface area contributed by atoms with Gasteiger partial charge in [-0.15, -0.1) is 0 Å². The maximum absolute atomic E-state index is 14.7. The quantitative estimate of drug-likeness (QED) is 0.0412. The molecule has 15 heteroatoms. The van der Waals surface area contributed by atoms with Gasteiger partial charge in [-0.25, -0.2) is 9.59 Å². The van der Waals surface area contributed by atoms with Crippen LogP contribution < -0.4 is 9.47 Å². The average Bonchev–Trinajstić information content (AvgIpc) is 3.07. The number of esters is 2. The van der Waals surface area contributed by atoms with E-state index < -0.39 is 39.3 Å². The van der Waals surface area contributed by atoms with Gasteiger partial charge in [-0.2, -0.15) is 14.0 Å². The van der Waals surface area contributed by atoms with Gasteiger partial charge in [0.2, 0.25) is 0 Å². The molecule has 13 nitrogen and oxygen atoms in total. The number of nitrogens with zero attached hydrogens (tertiary/aromatic N) is 3. The van der Waals surface area contributed by atoms with Crippen molar-refractivity contribution in [3.05, 3.63) is 110 Å². The van der Waals surface area contributed by atoms with Gasteiger partial charge in [0, 0.05) is 24.6 Å². The molecular formula is C33H31F2N3O10. The molecule has 0 fully saturated rings. The van der Waals surface area contributed by atoms with Crippen LogP contribution in [-0.4, -0.2) is 41.6 Å². The highest BCUT2D eigenvalue weighted by Crippen LogP contribution is 2.32. The summed E-state index contributed by atoms with van der Waals surface area (Å²) < 4.78 is 49.9. The molecule has 0 unspecified atom stereocenters. The normalized spacial score (nSPS) is 11.0. The number of carbonyl (C=O) groups is 2. The number of nitro benzene ring substituents is 2. The molecule has 0 spiro atoms. The smallest absolute Gasteiger partial charge is 0.426 e. The first-order chi connectivity index (χ1) is 23.0. The highest BCUT2D eigenvalue weighted by atomic mass is 19.3. The molecule has 3 aromatic carbocycles. The lowest BCUT2D eigenvalue weighted by atomic mass is 10.1. The molecule has 0 amide bonds. The zero-order valence-electron chi connectivity index (χ0n) is 25.5. The maximum atomic E-state index is 14.7. The minimum Gasteiger partial charge on any atom is -0.494 e. The monoisotopic (exact) mass is 667 g/mol. The molecule has 0 bridgehead atoms. The summed E-state index contributed by atoms with van der Waals surface area (Å²) in [5, 5.41) is 30.5. The van der Waals surface area contributed by atoms with E-state index in [9.17, 15) is 38.6 Å². The Morgan fingerprint density at radius 3 is 1.96 bits per heavy atom. The van der Waals surface area contributed by atoms with Crippen LogP contribution in [0.2, 0.25) is 0 Å². The number of non-ortho nitro benzene ring substituents is 2. The van der Waals surface area contributed by atoms with Crippen molar-refractivity contribution in [1.29, 1.82) is 5.26 Å². The second-order valence-corrected chi connectivity index (χ2v) is 10.1. The summed E-state index contributed by atoms with van der Waals surface area (Å²) in [5.41, 5.74) is -1.39. The van der Waals surface area contributed by atoms with Gasteiger partial charge in [0.1, 0.15) is 11.5 Å². The molecule has 0 heterocycles. The second-order valence-electron chi connectivity index (χ2n) is 10.1. The molecule has 0 saturated heterocycles. The fourth-order valence-corrected chi connectivity index (χ4v) is 4.06. The summed E-state index contributed by atoms with van der Waals surface area (Å²) in [4.78, 5) is 44.4. The molecule has 0 aliphatic heterocycles. The molecule has 0 saturated carbocycles. The van der Waals surface area contributed by atoms with E-state index in [4.69, 9.17) is 24.2 Å². The molecule has 0 atom stereocenters. The number of ether oxygens (including phenoxy) is 4. The Hall–Kier alpha value is -5.91. The lowest BCUT2D eigenvalue weighted by Crippen LogP contribution is -2.21. The van der Waals surface area contributed by atoms with Gasteiger partial charge >= 0.3 is 18.0 Å². The van der Waals surface area contributed by atoms with Gasteiger partial charge < -0.3 is 18.9 Å². The SMILES string of the molecule is N#CCCCOc1ccc(OC(F)(F)c2ccc(/C=C/C(=O)OCCCCCCOC(=O)c3cc([N+](=O)[O-])cc([N+](=O)[O-])c3)cc2)cc1. The first kappa shape index (κ1) is 36.6. The highest BCUT2D eigenvalue weighted by molar-refractivity contribution is 5.91. The highest BCUT2D eigenvalue weighted by Gasteiger charge is 2.34. The average molecular weight is 668 g/mol. The Morgan fingerprint density at radius 2 is 1.38 bits per heavy atom. The van der Waals surface area contributed by atoms with E-state index in [1.807, 2.05) is 6.07 Å². The number of unbranched alkanes of at least 4 members (excludes halogenated alkanes) is 4. The summed E-state index contributed by atoms with van der Waals surface area (Å²) in [7, 11) is 0. The van der Waals surface area contributed by atoms with Crippen molar-refractivity contribution < 1.29 is 47.2 Å². The third kappa shape index (κ3) is 12.1. The molecule has 0 aliphatic rings. The van der Waals surface area contributed by atoms with Gasteiger partial charge in [-0.1, -0.05) is 12.1 Å². The molecule has 0 radical (unpaired) electrons. The largest absolute Gasteiger partial charge is 0.494 e. The van der Waals surface area contributed by atoms with Crippen LogP contribution in [0.15, 0.2) is 72.8 Å². The summed E-state index contributed by atoms with van der Waals surface area (Å²) in [6, 6.07) is 15.5. The van der Waals surface area contributed by atoms with E-state index in [1.165, 1.54) is 60.7 Å². The van der Waals surface area contributed by atoms with Crippen LogP contribution in [-0.2, 0) is 20.4 Å². The van der Waals surface area contributed by atoms with E-state index in [2.05, 4.69) is 0 Å². The molecule has 0 aromatic heterocycles. The number of alkyl halides is 2. The van der Waals surface area contributed by atoms with Gasteiger partial charge in [-0.05, 0) is 80.1 Å². The van der Waals surface area contributed by atoms with Crippen LogP contribution in [0.5, 0.6) is 11.5 Å². The topological polar surface area (TPSA) is 181 Å². The lowest BCUT2D eigenvalue weighted by Gasteiger charge is -2.18. The molecule has 3 aromatic rings. The van der Waals surface area contributed by atoms with Crippen molar-refractivity contribution in [2.75, 3.05) is 19.8 Å². The van der Waals surface area contributed by atoms with Crippen LogP contribution in [0.4, 0.5) is 20.2 Å². The van der Waals surface area contributed by atoms with Crippen molar-refractivity contribution >= 4 is 29.4 Å². The number of nitriles is 1. The fourth-order valence-electron chi connectivity index (χ4n) is 4.06. The van der Waals surface area contributed by atoms with Crippen LogP contribution in [0.3, 0.4) is 0 Å². The van der Waals surface area contributed by atoms with E-state index in [1.54, 1.807) is 0 Å². The maximum Gasteiger partial charge on any atom is 0.426 e. The van der Waals surface area contributed by atoms with Crippen molar-refractivity contribution in [1.82, 2.24) is 0 Å². The number of hydrogen-bond acceptors (Lipinski definition) is 11. The summed E-state index contributed by atoms with van der Waals surface area (Å²) >= 11 is 0. The second kappa shape index (κ2) is 18.3. The van der Waals surface area contributed by atoms with Gasteiger partial charge in [-0.3, -0.25) is 20.2 Å². The molecular weight excluding hydrogens is 636 g/mol. The Bertz CT molecular complexity index is 1610. The van der Waals surface area contributed by atoms with E-state index >= 15 is 0 Å². The minimum atomic E-state index is -3.62. The van der Waals surface area contributed by atoms with Crippen molar-refractivity contribution in [2.24, 2.45) is 0 Å². The van der Waals surface area contributed by atoms with Crippen LogP contribution in [0.1, 0.15) is 60.0 Å². The Kier molecular flexibility index (Phi) is 13.9. The molecule has 0 aliphatic carbocycles. The number of benzene rings is 3. The number of carbonyl (C=O) groups excluding carboxylic acids is 2. The van der Waals surface area contributed by atoms with Gasteiger partial charge in [0.25, 0.3) is 11.4 Å². The predicted octanol–water partition coefficient (Wildman–Crippen LogP) is 7.29. The number of nitro groups is 2. The minimum absolute atomic E-state index is 0.0110. The zero-order chi connectivity index (χ0) is 34.9. The van der Waals surface area contributed by atoms with E-state index in [0.717, 1.165) is 18.2 Å². The Morgan fingerprint density at radius 1 is 0.792 bits per heavy atom. The van der Waals surface area contributed by atoms with E-state index in [-0.39, 0.29) is 30.1 Å². The van der Waals surface area contributed by atoms with Crippen molar-refractivity contribution in [2.45, 2.75) is 44.6 Å². The molecule has 3 rings (SSSR count).